The monoisotopic (exact) mass is 222 g/mol. The van der Waals surface area contributed by atoms with E-state index < -0.39 is 0 Å². The van der Waals surface area contributed by atoms with Crippen LogP contribution < -0.4 is 4.90 Å². The first-order valence-corrected chi connectivity index (χ1v) is 5.68. The van der Waals surface area contributed by atoms with Gasteiger partial charge in [-0.05, 0) is 25.0 Å². The Labute approximate surface area is 95.9 Å². The lowest BCUT2D eigenvalue weighted by Gasteiger charge is -2.32. The highest BCUT2D eigenvalue weighted by atomic mass is 16.5. The largest absolute Gasteiger partial charge is 0.390 e. The van der Waals surface area contributed by atoms with Crippen molar-refractivity contribution in [3.05, 3.63) is 23.9 Å². The van der Waals surface area contributed by atoms with E-state index in [-0.39, 0.29) is 6.61 Å². The number of aliphatic hydroxyl groups excluding tert-OH is 1. The number of aromatic nitrogens is 1. The maximum absolute atomic E-state index is 9.05. The number of rotatable bonds is 3. The first-order valence-electron chi connectivity index (χ1n) is 5.68. The zero-order chi connectivity index (χ0) is 11.4. The molecular formula is C12H18N2O2. The van der Waals surface area contributed by atoms with Gasteiger partial charge in [0.1, 0.15) is 5.82 Å². The van der Waals surface area contributed by atoms with Gasteiger partial charge in [0.25, 0.3) is 0 Å². The predicted octanol–water partition coefficient (Wildman–Crippen LogP) is 1.19. The van der Waals surface area contributed by atoms with Crippen molar-refractivity contribution in [1.29, 1.82) is 0 Å². The second kappa shape index (κ2) is 5.27. The van der Waals surface area contributed by atoms with Crippen LogP contribution in [0.3, 0.4) is 0 Å². The van der Waals surface area contributed by atoms with E-state index in [2.05, 4.69) is 16.9 Å². The van der Waals surface area contributed by atoms with Crippen LogP contribution in [0.2, 0.25) is 0 Å². The molecule has 2 heterocycles. The number of hydrogen-bond donors (Lipinski definition) is 1. The summed E-state index contributed by atoms with van der Waals surface area (Å²) in [6.45, 7) is 1.65. The van der Waals surface area contributed by atoms with Gasteiger partial charge in [0.05, 0.1) is 12.3 Å². The van der Waals surface area contributed by atoms with E-state index in [1.54, 1.807) is 0 Å². The van der Waals surface area contributed by atoms with Crippen molar-refractivity contribution in [2.45, 2.75) is 25.5 Å². The van der Waals surface area contributed by atoms with Gasteiger partial charge in [-0.3, -0.25) is 0 Å². The molecule has 1 N–H and O–H groups in total. The molecule has 4 heteroatoms. The molecule has 1 saturated heterocycles. The molecule has 0 spiro atoms. The van der Waals surface area contributed by atoms with Gasteiger partial charge in [-0.15, -0.1) is 0 Å². The highest BCUT2D eigenvalue weighted by molar-refractivity contribution is 5.39. The molecule has 1 fully saturated rings. The van der Waals surface area contributed by atoms with Crippen molar-refractivity contribution in [3.8, 4) is 0 Å². The Bertz CT molecular complexity index is 338. The highest BCUT2D eigenvalue weighted by Gasteiger charge is 2.19. The average Bonchev–Trinajstić information content (AvgIpc) is 2.39. The smallest absolute Gasteiger partial charge is 0.128 e. The molecule has 0 radical (unpaired) electrons. The van der Waals surface area contributed by atoms with E-state index in [0.717, 1.165) is 37.6 Å². The number of anilines is 1. The summed E-state index contributed by atoms with van der Waals surface area (Å²) in [4.78, 5) is 6.58. The SMILES string of the molecule is CN(c1cccc(CO)n1)C1CCOCC1. The number of nitrogens with zero attached hydrogens (tertiary/aromatic N) is 2. The van der Waals surface area contributed by atoms with Gasteiger partial charge in [0.2, 0.25) is 0 Å². The molecule has 0 amide bonds. The van der Waals surface area contributed by atoms with Gasteiger partial charge in [0, 0.05) is 26.3 Å². The molecule has 16 heavy (non-hydrogen) atoms. The van der Waals surface area contributed by atoms with Gasteiger partial charge in [-0.25, -0.2) is 4.98 Å². The third-order valence-corrected chi connectivity index (χ3v) is 3.05. The van der Waals surface area contributed by atoms with Gasteiger partial charge in [0.15, 0.2) is 0 Å². The molecule has 0 saturated carbocycles. The maximum Gasteiger partial charge on any atom is 0.128 e. The summed E-state index contributed by atoms with van der Waals surface area (Å²) in [5.41, 5.74) is 0.719. The van der Waals surface area contributed by atoms with Crippen molar-refractivity contribution in [1.82, 2.24) is 4.98 Å². The third-order valence-electron chi connectivity index (χ3n) is 3.05. The lowest BCUT2D eigenvalue weighted by atomic mass is 10.1. The molecular weight excluding hydrogens is 204 g/mol. The summed E-state index contributed by atoms with van der Waals surface area (Å²) in [5.74, 6) is 0.929. The molecule has 1 aliphatic heterocycles. The van der Waals surface area contributed by atoms with Crippen LogP contribution in [0.25, 0.3) is 0 Å². The predicted molar refractivity (Wildman–Crippen MR) is 62.4 cm³/mol. The molecule has 0 aliphatic carbocycles. The second-order valence-electron chi connectivity index (χ2n) is 4.10. The minimum absolute atomic E-state index is 0.00451. The van der Waals surface area contributed by atoms with Gasteiger partial charge in [-0.2, -0.15) is 0 Å². The van der Waals surface area contributed by atoms with Crippen molar-refractivity contribution >= 4 is 5.82 Å². The minimum Gasteiger partial charge on any atom is -0.390 e. The zero-order valence-electron chi connectivity index (χ0n) is 9.59. The number of hydrogen-bond acceptors (Lipinski definition) is 4. The van der Waals surface area contributed by atoms with Crippen molar-refractivity contribution in [3.63, 3.8) is 0 Å². The third kappa shape index (κ3) is 2.51. The molecule has 1 aliphatic rings. The van der Waals surface area contributed by atoms with Crippen LogP contribution in [0.5, 0.6) is 0 Å². The molecule has 0 atom stereocenters. The molecule has 0 unspecified atom stereocenters. The van der Waals surface area contributed by atoms with Crippen LogP contribution in [0.1, 0.15) is 18.5 Å². The van der Waals surface area contributed by atoms with Crippen LogP contribution >= 0.6 is 0 Å². The summed E-state index contributed by atoms with van der Waals surface area (Å²) in [6.07, 6.45) is 2.09. The molecule has 0 bridgehead atoms. The molecule has 88 valence electrons. The lowest BCUT2D eigenvalue weighted by Crippen LogP contribution is -2.37. The normalized spacial score (nSPS) is 17.4. The second-order valence-corrected chi connectivity index (χ2v) is 4.10. The minimum atomic E-state index is -0.00451. The number of pyridine rings is 1. The fourth-order valence-corrected chi connectivity index (χ4v) is 2.01. The number of aliphatic hydroxyl groups is 1. The maximum atomic E-state index is 9.05. The highest BCUT2D eigenvalue weighted by Crippen LogP contribution is 2.19. The first kappa shape index (κ1) is 11.4. The summed E-state index contributed by atoms with van der Waals surface area (Å²) in [7, 11) is 2.06. The summed E-state index contributed by atoms with van der Waals surface area (Å²) >= 11 is 0. The first-order chi connectivity index (χ1) is 7.81. The Hall–Kier alpha value is -1.13. The van der Waals surface area contributed by atoms with E-state index in [0.29, 0.717) is 6.04 Å². The number of ether oxygens (including phenoxy) is 1. The Morgan fingerprint density at radius 2 is 2.19 bits per heavy atom. The van der Waals surface area contributed by atoms with E-state index in [4.69, 9.17) is 9.84 Å². The van der Waals surface area contributed by atoms with E-state index in [1.165, 1.54) is 0 Å². The Morgan fingerprint density at radius 3 is 2.88 bits per heavy atom. The standard InChI is InChI=1S/C12H18N2O2/c1-14(11-5-7-16-8-6-11)12-4-2-3-10(9-15)13-12/h2-4,11,15H,5-9H2,1H3. The summed E-state index contributed by atoms with van der Waals surface area (Å²) in [5, 5.41) is 9.05. The van der Waals surface area contributed by atoms with Crippen molar-refractivity contribution in [2.24, 2.45) is 0 Å². The molecule has 1 aromatic heterocycles. The molecule has 0 aromatic carbocycles. The molecule has 2 rings (SSSR count). The van der Waals surface area contributed by atoms with Crippen LogP contribution in [0, 0.1) is 0 Å². The Kier molecular flexibility index (Phi) is 3.74. The average molecular weight is 222 g/mol. The van der Waals surface area contributed by atoms with Crippen LogP contribution in [-0.2, 0) is 11.3 Å². The lowest BCUT2D eigenvalue weighted by molar-refractivity contribution is 0.0853. The van der Waals surface area contributed by atoms with E-state index in [1.807, 2.05) is 18.2 Å². The summed E-state index contributed by atoms with van der Waals surface area (Å²) < 4.78 is 5.34. The van der Waals surface area contributed by atoms with E-state index in [9.17, 15) is 0 Å². The summed E-state index contributed by atoms with van der Waals surface area (Å²) in [6, 6.07) is 6.25. The van der Waals surface area contributed by atoms with E-state index >= 15 is 0 Å². The Morgan fingerprint density at radius 1 is 1.44 bits per heavy atom. The van der Waals surface area contributed by atoms with Gasteiger partial charge < -0.3 is 14.7 Å². The van der Waals surface area contributed by atoms with Crippen LogP contribution in [-0.4, -0.2) is 36.4 Å². The fourth-order valence-electron chi connectivity index (χ4n) is 2.01. The quantitative estimate of drug-likeness (QED) is 0.834. The van der Waals surface area contributed by atoms with Gasteiger partial charge in [-0.1, -0.05) is 6.07 Å². The van der Waals surface area contributed by atoms with Crippen LogP contribution in [0.4, 0.5) is 5.82 Å². The topological polar surface area (TPSA) is 45.6 Å². The Balaban J connectivity index is 2.09. The molecule has 1 aromatic rings. The van der Waals surface area contributed by atoms with Gasteiger partial charge >= 0.3 is 0 Å². The fraction of sp³-hybridized carbons (Fsp3) is 0.583. The van der Waals surface area contributed by atoms with Crippen molar-refractivity contribution < 1.29 is 9.84 Å². The van der Waals surface area contributed by atoms with Crippen LogP contribution in [0.15, 0.2) is 18.2 Å². The zero-order valence-corrected chi connectivity index (χ0v) is 9.59. The molecule has 4 nitrogen and oxygen atoms in total. The van der Waals surface area contributed by atoms with Crippen molar-refractivity contribution in [2.75, 3.05) is 25.2 Å².